The number of ether oxygens (including phenoxy) is 2. The summed E-state index contributed by atoms with van der Waals surface area (Å²) in [4.78, 5) is 25.1. The molecule has 1 aliphatic rings. The van der Waals surface area contributed by atoms with E-state index in [9.17, 15) is 9.59 Å². The van der Waals surface area contributed by atoms with Gasteiger partial charge in [-0.1, -0.05) is 39.7 Å². The highest BCUT2D eigenvalue weighted by molar-refractivity contribution is 9.10. The van der Waals surface area contributed by atoms with Gasteiger partial charge in [0.1, 0.15) is 11.5 Å². The molecule has 0 saturated carbocycles. The van der Waals surface area contributed by atoms with E-state index in [4.69, 9.17) is 21.1 Å². The van der Waals surface area contributed by atoms with Crippen LogP contribution in [-0.4, -0.2) is 11.8 Å². The minimum absolute atomic E-state index is 0.196. The highest BCUT2D eigenvalue weighted by Gasteiger charge is 2.30. The molecule has 6 heteroatoms. The molecular weight excluding hydrogens is 456 g/mol. The van der Waals surface area contributed by atoms with Gasteiger partial charge in [0.25, 0.3) is 0 Å². The fraction of sp³-hybridized carbons (Fsp3) is 0.0435. The Balaban J connectivity index is 1.60. The van der Waals surface area contributed by atoms with Gasteiger partial charge in [0.15, 0.2) is 5.76 Å². The summed E-state index contributed by atoms with van der Waals surface area (Å²) in [5, 5.41) is 0.570. The van der Waals surface area contributed by atoms with E-state index in [2.05, 4.69) is 15.9 Å². The van der Waals surface area contributed by atoms with Crippen LogP contribution in [0.2, 0.25) is 5.02 Å². The van der Waals surface area contributed by atoms with Crippen molar-refractivity contribution in [3.63, 3.8) is 0 Å². The van der Waals surface area contributed by atoms with Crippen molar-refractivity contribution in [2.75, 3.05) is 0 Å². The smallest absolute Gasteiger partial charge is 0.343 e. The molecule has 3 aromatic carbocycles. The number of benzene rings is 3. The molecule has 0 unspecified atom stereocenters. The average Bonchev–Trinajstić information content (AvgIpc) is 2.98. The SMILES string of the molecule is Cc1cc(OC(=O)c2ccc(Br)cc2)cc2c1C(=O)/C(=C/c1cccc(Cl)c1)O2. The number of esters is 1. The second-order valence-corrected chi connectivity index (χ2v) is 7.86. The Bertz CT molecular complexity index is 1170. The van der Waals surface area contributed by atoms with Gasteiger partial charge in [-0.25, -0.2) is 4.79 Å². The first kappa shape index (κ1) is 19.4. The quantitative estimate of drug-likeness (QED) is 0.259. The fourth-order valence-electron chi connectivity index (χ4n) is 3.04. The summed E-state index contributed by atoms with van der Waals surface area (Å²) in [5.41, 5.74) is 2.31. The highest BCUT2D eigenvalue weighted by atomic mass is 79.9. The number of rotatable bonds is 3. The number of hydrogen-bond acceptors (Lipinski definition) is 4. The first-order valence-corrected chi connectivity index (χ1v) is 9.90. The standard InChI is InChI=1S/C23H14BrClO4/c1-13-9-18(28-23(27)15-5-7-16(24)8-6-15)12-19-21(13)22(26)20(29-19)11-14-3-2-4-17(25)10-14/h2-12H,1H3/b20-11-. The maximum Gasteiger partial charge on any atom is 0.343 e. The number of carbonyl (C=O) groups excluding carboxylic acids is 2. The van der Waals surface area contributed by atoms with E-state index >= 15 is 0 Å². The van der Waals surface area contributed by atoms with E-state index in [0.717, 1.165) is 10.0 Å². The van der Waals surface area contributed by atoms with Crippen LogP contribution in [0.5, 0.6) is 11.5 Å². The molecule has 0 saturated heterocycles. The molecule has 0 N–H and O–H groups in total. The molecule has 0 bridgehead atoms. The van der Waals surface area contributed by atoms with E-state index in [0.29, 0.717) is 33.2 Å². The van der Waals surface area contributed by atoms with Crippen molar-refractivity contribution in [2.24, 2.45) is 0 Å². The van der Waals surface area contributed by atoms with Gasteiger partial charge in [-0.2, -0.15) is 0 Å². The molecule has 144 valence electrons. The molecule has 0 amide bonds. The Morgan fingerprint density at radius 1 is 1.10 bits per heavy atom. The van der Waals surface area contributed by atoms with Gasteiger partial charge in [-0.15, -0.1) is 0 Å². The van der Waals surface area contributed by atoms with Gasteiger partial charge >= 0.3 is 5.97 Å². The summed E-state index contributed by atoms with van der Waals surface area (Å²) in [6.07, 6.45) is 1.64. The molecule has 1 heterocycles. The number of fused-ring (bicyclic) bond motifs is 1. The van der Waals surface area contributed by atoms with Crippen molar-refractivity contribution in [2.45, 2.75) is 6.92 Å². The predicted molar refractivity (Wildman–Crippen MR) is 115 cm³/mol. The molecule has 0 fully saturated rings. The summed E-state index contributed by atoms with van der Waals surface area (Å²) < 4.78 is 12.1. The van der Waals surface area contributed by atoms with Gasteiger partial charge in [0.2, 0.25) is 5.78 Å². The van der Waals surface area contributed by atoms with E-state index in [1.165, 1.54) is 0 Å². The van der Waals surface area contributed by atoms with Gasteiger partial charge in [-0.05, 0) is 66.6 Å². The summed E-state index contributed by atoms with van der Waals surface area (Å²) in [7, 11) is 0. The van der Waals surface area contributed by atoms with Crippen molar-refractivity contribution < 1.29 is 19.1 Å². The van der Waals surface area contributed by atoms with Crippen LogP contribution >= 0.6 is 27.5 Å². The van der Waals surface area contributed by atoms with E-state index in [1.54, 1.807) is 67.6 Å². The van der Waals surface area contributed by atoms with E-state index in [1.807, 2.05) is 6.07 Å². The van der Waals surface area contributed by atoms with E-state index in [-0.39, 0.29) is 11.5 Å². The van der Waals surface area contributed by atoms with E-state index < -0.39 is 5.97 Å². The van der Waals surface area contributed by atoms with Crippen molar-refractivity contribution in [3.05, 3.63) is 98.2 Å². The van der Waals surface area contributed by atoms with Crippen molar-refractivity contribution in [1.29, 1.82) is 0 Å². The normalized spacial score (nSPS) is 13.9. The van der Waals surface area contributed by atoms with Crippen LogP contribution in [0.15, 0.2) is 70.9 Å². The topological polar surface area (TPSA) is 52.6 Å². The molecule has 4 nitrogen and oxygen atoms in total. The number of carbonyl (C=O) groups is 2. The third-order valence-corrected chi connectivity index (χ3v) is 5.14. The van der Waals surface area contributed by atoms with Crippen LogP contribution in [0.3, 0.4) is 0 Å². The van der Waals surface area contributed by atoms with Gasteiger partial charge in [0.05, 0.1) is 11.1 Å². The van der Waals surface area contributed by atoms with Crippen molar-refractivity contribution >= 4 is 45.4 Å². The molecule has 0 aromatic heterocycles. The van der Waals surface area contributed by atoms with Crippen molar-refractivity contribution in [1.82, 2.24) is 0 Å². The lowest BCUT2D eigenvalue weighted by Gasteiger charge is -2.08. The minimum atomic E-state index is -0.490. The zero-order valence-electron chi connectivity index (χ0n) is 15.2. The molecule has 0 radical (unpaired) electrons. The lowest BCUT2D eigenvalue weighted by molar-refractivity contribution is 0.0734. The second-order valence-electron chi connectivity index (χ2n) is 6.50. The number of allylic oxidation sites excluding steroid dienone is 1. The predicted octanol–water partition coefficient (Wildman–Crippen LogP) is 6.25. The Morgan fingerprint density at radius 2 is 1.86 bits per heavy atom. The molecule has 4 rings (SSSR count). The maximum atomic E-state index is 12.8. The zero-order valence-corrected chi connectivity index (χ0v) is 17.6. The molecule has 0 aliphatic carbocycles. The Kier molecular flexibility index (Phi) is 5.26. The average molecular weight is 470 g/mol. The molecule has 1 aliphatic heterocycles. The zero-order chi connectivity index (χ0) is 20.5. The van der Waals surface area contributed by atoms with Crippen LogP contribution in [0.1, 0.15) is 31.8 Å². The largest absolute Gasteiger partial charge is 0.452 e. The third kappa shape index (κ3) is 4.11. The van der Waals surface area contributed by atoms with Gasteiger partial charge in [0, 0.05) is 15.6 Å². The van der Waals surface area contributed by atoms with Gasteiger partial charge in [-0.3, -0.25) is 4.79 Å². The summed E-state index contributed by atoms with van der Waals surface area (Å²) in [5.74, 6) is 0.161. The molecular formula is C23H14BrClO4. The lowest BCUT2D eigenvalue weighted by atomic mass is 10.0. The molecule has 3 aromatic rings. The van der Waals surface area contributed by atoms with Crippen LogP contribution in [0.4, 0.5) is 0 Å². The van der Waals surface area contributed by atoms with Crippen molar-refractivity contribution in [3.8, 4) is 11.5 Å². The highest BCUT2D eigenvalue weighted by Crippen LogP contribution is 2.37. The summed E-state index contributed by atoms with van der Waals surface area (Å²) in [6, 6.07) is 17.2. The summed E-state index contributed by atoms with van der Waals surface area (Å²) >= 11 is 9.33. The van der Waals surface area contributed by atoms with Crippen LogP contribution in [-0.2, 0) is 0 Å². The fourth-order valence-corrected chi connectivity index (χ4v) is 3.50. The number of Topliss-reactive ketones (excluding diaryl/α,β-unsaturated/α-hetero) is 1. The minimum Gasteiger partial charge on any atom is -0.452 e. The number of aryl methyl sites for hydroxylation is 1. The Morgan fingerprint density at radius 3 is 2.59 bits per heavy atom. The van der Waals surface area contributed by atoms with Crippen LogP contribution in [0.25, 0.3) is 6.08 Å². The monoisotopic (exact) mass is 468 g/mol. The Labute approximate surface area is 180 Å². The first-order chi connectivity index (χ1) is 13.9. The lowest BCUT2D eigenvalue weighted by Crippen LogP contribution is -2.08. The second kappa shape index (κ2) is 7.85. The third-order valence-electron chi connectivity index (χ3n) is 4.38. The van der Waals surface area contributed by atoms with Gasteiger partial charge < -0.3 is 9.47 Å². The maximum absolute atomic E-state index is 12.8. The number of ketones is 1. The number of halogens is 2. The van der Waals surface area contributed by atoms with Crippen LogP contribution in [0, 0.1) is 6.92 Å². The Hall–Kier alpha value is -2.89. The molecule has 29 heavy (non-hydrogen) atoms. The first-order valence-electron chi connectivity index (χ1n) is 8.73. The van der Waals surface area contributed by atoms with Crippen LogP contribution < -0.4 is 9.47 Å². The molecule has 0 atom stereocenters. The summed E-state index contributed by atoms with van der Waals surface area (Å²) in [6.45, 7) is 1.78. The number of hydrogen-bond donors (Lipinski definition) is 0. The molecule has 0 spiro atoms.